The lowest BCUT2D eigenvalue weighted by Crippen LogP contribution is -2.12. The van der Waals surface area contributed by atoms with Crippen molar-refractivity contribution in [1.82, 2.24) is 5.32 Å². The van der Waals surface area contributed by atoms with Crippen molar-refractivity contribution in [2.45, 2.75) is 13.0 Å². The summed E-state index contributed by atoms with van der Waals surface area (Å²) in [7, 11) is 3.28. The van der Waals surface area contributed by atoms with Crippen LogP contribution in [0.2, 0.25) is 0 Å². The largest absolute Gasteiger partial charge is 0.465 e. The summed E-state index contributed by atoms with van der Waals surface area (Å²) in [5.74, 6) is -0.298. The van der Waals surface area contributed by atoms with Crippen molar-refractivity contribution in [3.8, 4) is 0 Å². The molecule has 0 aliphatic rings. The van der Waals surface area contributed by atoms with Gasteiger partial charge in [-0.2, -0.15) is 0 Å². The second kappa shape index (κ2) is 4.77. The molecule has 0 bridgehead atoms. The number of rotatable bonds is 3. The predicted octanol–water partition coefficient (Wildman–Crippen LogP) is 1.75. The van der Waals surface area contributed by atoms with E-state index in [1.807, 2.05) is 19.2 Å². The molecule has 3 nitrogen and oxygen atoms in total. The Kier molecular flexibility index (Phi) is 3.65. The average Bonchev–Trinajstić information content (AvgIpc) is 2.27. The van der Waals surface area contributed by atoms with E-state index in [-0.39, 0.29) is 5.97 Å². The topological polar surface area (TPSA) is 38.3 Å². The third-order valence-electron chi connectivity index (χ3n) is 2.26. The van der Waals surface area contributed by atoms with Crippen LogP contribution < -0.4 is 5.32 Å². The Morgan fingerprint density at radius 3 is 2.36 bits per heavy atom. The number of hydrogen-bond donors (Lipinski definition) is 1. The van der Waals surface area contributed by atoms with Crippen LogP contribution in [-0.2, 0) is 4.74 Å². The van der Waals surface area contributed by atoms with Crippen LogP contribution in [-0.4, -0.2) is 20.1 Å². The maximum Gasteiger partial charge on any atom is 0.337 e. The molecule has 0 unspecified atom stereocenters. The molecule has 0 aliphatic carbocycles. The van der Waals surface area contributed by atoms with E-state index in [2.05, 4.69) is 17.0 Å². The highest BCUT2D eigenvalue weighted by Gasteiger charge is 2.06. The first kappa shape index (κ1) is 10.7. The summed E-state index contributed by atoms with van der Waals surface area (Å²) in [6.45, 7) is 2.06. The molecule has 3 heteroatoms. The third kappa shape index (κ3) is 2.33. The molecule has 0 saturated heterocycles. The van der Waals surface area contributed by atoms with E-state index >= 15 is 0 Å². The molecule has 1 atom stereocenters. The Bertz CT molecular complexity index is 306. The third-order valence-corrected chi connectivity index (χ3v) is 2.26. The fraction of sp³-hybridized carbons (Fsp3) is 0.364. The Labute approximate surface area is 84.1 Å². The molecule has 0 aliphatic heterocycles. The highest BCUT2D eigenvalue weighted by Crippen LogP contribution is 2.12. The summed E-state index contributed by atoms with van der Waals surface area (Å²) >= 11 is 0. The number of methoxy groups -OCH3 is 1. The fourth-order valence-corrected chi connectivity index (χ4v) is 1.19. The van der Waals surface area contributed by atoms with Crippen LogP contribution in [0.1, 0.15) is 28.9 Å². The van der Waals surface area contributed by atoms with Crippen molar-refractivity contribution in [1.29, 1.82) is 0 Å². The number of carbonyl (C=O) groups excluding carboxylic acids is 1. The van der Waals surface area contributed by atoms with Gasteiger partial charge in [-0.1, -0.05) is 12.1 Å². The summed E-state index contributed by atoms with van der Waals surface area (Å²) in [5, 5.41) is 3.13. The summed E-state index contributed by atoms with van der Waals surface area (Å²) in [6.07, 6.45) is 0. The van der Waals surface area contributed by atoms with E-state index < -0.39 is 0 Å². The molecule has 1 N–H and O–H groups in total. The van der Waals surface area contributed by atoms with E-state index in [1.54, 1.807) is 12.1 Å². The van der Waals surface area contributed by atoms with Gasteiger partial charge in [0.2, 0.25) is 0 Å². The molecule has 1 aromatic rings. The zero-order valence-corrected chi connectivity index (χ0v) is 8.70. The van der Waals surface area contributed by atoms with Crippen molar-refractivity contribution >= 4 is 5.97 Å². The Morgan fingerprint density at radius 1 is 1.36 bits per heavy atom. The van der Waals surface area contributed by atoms with Gasteiger partial charge in [0, 0.05) is 6.04 Å². The van der Waals surface area contributed by atoms with Crippen molar-refractivity contribution in [3.05, 3.63) is 35.4 Å². The normalized spacial score (nSPS) is 12.2. The van der Waals surface area contributed by atoms with Crippen molar-refractivity contribution in [3.63, 3.8) is 0 Å². The monoisotopic (exact) mass is 193 g/mol. The van der Waals surface area contributed by atoms with Gasteiger partial charge in [0.25, 0.3) is 0 Å². The van der Waals surface area contributed by atoms with E-state index in [0.29, 0.717) is 11.6 Å². The number of esters is 1. The minimum absolute atomic E-state index is 0.293. The maximum absolute atomic E-state index is 11.1. The van der Waals surface area contributed by atoms with Crippen LogP contribution >= 0.6 is 0 Å². The molecule has 1 rings (SSSR count). The van der Waals surface area contributed by atoms with Gasteiger partial charge in [0.05, 0.1) is 12.7 Å². The van der Waals surface area contributed by atoms with E-state index in [1.165, 1.54) is 7.11 Å². The van der Waals surface area contributed by atoms with Crippen LogP contribution in [0.25, 0.3) is 0 Å². The number of benzene rings is 1. The zero-order chi connectivity index (χ0) is 10.6. The molecular formula is C11H15NO2. The van der Waals surface area contributed by atoms with Crippen LogP contribution in [0.5, 0.6) is 0 Å². The Morgan fingerprint density at radius 2 is 1.93 bits per heavy atom. The predicted molar refractivity (Wildman–Crippen MR) is 55.3 cm³/mol. The first-order valence-corrected chi connectivity index (χ1v) is 4.54. The maximum atomic E-state index is 11.1. The molecule has 1 aromatic carbocycles. The van der Waals surface area contributed by atoms with Crippen molar-refractivity contribution in [2.75, 3.05) is 14.2 Å². The Balaban J connectivity index is 2.83. The lowest BCUT2D eigenvalue weighted by molar-refractivity contribution is 0.0600. The van der Waals surface area contributed by atoms with E-state index in [0.717, 1.165) is 5.56 Å². The number of nitrogens with one attached hydrogen (secondary N) is 1. The molecule has 0 heterocycles. The van der Waals surface area contributed by atoms with Crippen molar-refractivity contribution < 1.29 is 9.53 Å². The molecule has 0 aromatic heterocycles. The summed E-state index contributed by atoms with van der Waals surface area (Å²) in [4.78, 5) is 11.1. The van der Waals surface area contributed by atoms with E-state index in [4.69, 9.17) is 0 Å². The quantitative estimate of drug-likeness (QED) is 0.743. The standard InChI is InChI=1S/C11H15NO2/c1-8(12-2)9-4-6-10(7-5-9)11(13)14-3/h4-8,12H,1-3H3/t8-/m0/s1. The van der Waals surface area contributed by atoms with Crippen molar-refractivity contribution in [2.24, 2.45) is 0 Å². The highest BCUT2D eigenvalue weighted by atomic mass is 16.5. The Hall–Kier alpha value is -1.35. The molecule has 14 heavy (non-hydrogen) atoms. The van der Waals surface area contributed by atoms with Gasteiger partial charge >= 0.3 is 5.97 Å². The van der Waals surface area contributed by atoms with E-state index in [9.17, 15) is 4.79 Å². The fourth-order valence-electron chi connectivity index (χ4n) is 1.19. The van der Waals surface area contributed by atoms with Gasteiger partial charge < -0.3 is 10.1 Å². The van der Waals surface area contributed by atoms with Gasteiger partial charge in [0.15, 0.2) is 0 Å². The molecular weight excluding hydrogens is 178 g/mol. The van der Waals surface area contributed by atoms with Crippen LogP contribution in [0.4, 0.5) is 0 Å². The molecule has 76 valence electrons. The molecule has 0 radical (unpaired) electrons. The number of hydrogen-bond acceptors (Lipinski definition) is 3. The van der Waals surface area contributed by atoms with Crippen LogP contribution in [0, 0.1) is 0 Å². The smallest absolute Gasteiger partial charge is 0.337 e. The molecule has 0 amide bonds. The minimum Gasteiger partial charge on any atom is -0.465 e. The zero-order valence-electron chi connectivity index (χ0n) is 8.70. The number of carbonyl (C=O) groups is 1. The van der Waals surface area contributed by atoms with Gasteiger partial charge in [0.1, 0.15) is 0 Å². The average molecular weight is 193 g/mol. The lowest BCUT2D eigenvalue weighted by atomic mass is 10.1. The van der Waals surface area contributed by atoms with Gasteiger partial charge in [-0.3, -0.25) is 0 Å². The molecule has 0 spiro atoms. The second-order valence-corrected chi connectivity index (χ2v) is 3.12. The number of ether oxygens (including phenoxy) is 1. The molecule has 0 saturated carbocycles. The molecule has 0 fully saturated rings. The minimum atomic E-state index is -0.298. The summed E-state index contributed by atoms with van der Waals surface area (Å²) in [5.41, 5.74) is 1.74. The van der Waals surface area contributed by atoms with Crippen LogP contribution in [0.3, 0.4) is 0 Å². The second-order valence-electron chi connectivity index (χ2n) is 3.12. The van der Waals surface area contributed by atoms with Gasteiger partial charge in [-0.05, 0) is 31.7 Å². The highest BCUT2D eigenvalue weighted by molar-refractivity contribution is 5.89. The first-order valence-electron chi connectivity index (χ1n) is 4.54. The first-order chi connectivity index (χ1) is 6.69. The summed E-state index contributed by atoms with van der Waals surface area (Å²) < 4.78 is 4.61. The summed E-state index contributed by atoms with van der Waals surface area (Å²) in [6, 6.07) is 7.69. The SMILES string of the molecule is CN[C@@H](C)c1ccc(C(=O)OC)cc1. The van der Waals surface area contributed by atoms with Gasteiger partial charge in [-0.15, -0.1) is 0 Å². The van der Waals surface area contributed by atoms with Crippen LogP contribution in [0.15, 0.2) is 24.3 Å². The van der Waals surface area contributed by atoms with Gasteiger partial charge in [-0.25, -0.2) is 4.79 Å². The lowest BCUT2D eigenvalue weighted by Gasteiger charge is -2.10.